The molecule has 0 unspecified atom stereocenters. The van der Waals surface area contributed by atoms with Crippen molar-refractivity contribution in [2.45, 2.75) is 12.8 Å². The molecule has 0 aliphatic rings. The topological polar surface area (TPSA) is 43.1 Å². The van der Waals surface area contributed by atoms with Crippen molar-refractivity contribution >= 4 is 11.5 Å². The molecule has 0 saturated carbocycles. The molecule has 0 amide bonds. The molecule has 3 nitrogen and oxygen atoms in total. The molecule has 2 aromatic rings. The summed E-state index contributed by atoms with van der Waals surface area (Å²) in [4.78, 5) is 10.4. The van der Waals surface area contributed by atoms with E-state index in [0.29, 0.717) is 12.3 Å². The fourth-order valence-electron chi connectivity index (χ4n) is 1.21. The van der Waals surface area contributed by atoms with Gasteiger partial charge in [-0.3, -0.25) is 0 Å². The fourth-order valence-corrected chi connectivity index (χ4v) is 1.65. The Morgan fingerprint density at radius 1 is 1.21 bits per heavy atom. The van der Waals surface area contributed by atoms with Crippen LogP contribution in [0.5, 0.6) is 0 Å². The second kappa shape index (κ2) is 4.19. The van der Waals surface area contributed by atoms with Crippen molar-refractivity contribution in [3.63, 3.8) is 0 Å². The van der Waals surface area contributed by atoms with Crippen molar-refractivity contribution in [1.29, 1.82) is 0 Å². The van der Waals surface area contributed by atoms with Gasteiger partial charge in [-0.25, -0.2) is 4.79 Å². The molecule has 0 aliphatic heterocycles. The van der Waals surface area contributed by atoms with Gasteiger partial charge in [0.15, 0.2) is 0 Å². The lowest BCUT2D eigenvalue weighted by Gasteiger charge is -1.96. The maximum atomic E-state index is 10.7. The van der Waals surface area contributed by atoms with Crippen LogP contribution in [-0.4, -0.2) is 4.37 Å². The Morgan fingerprint density at radius 2 is 2.00 bits per heavy atom. The fraction of sp³-hybridized carbons (Fsp3) is 0.200. The van der Waals surface area contributed by atoms with Gasteiger partial charge in [-0.15, -0.1) is 0 Å². The molecule has 0 fully saturated rings. The summed E-state index contributed by atoms with van der Waals surface area (Å²) < 4.78 is 8.75. The van der Waals surface area contributed by atoms with Gasteiger partial charge in [-0.2, -0.15) is 4.37 Å². The smallest absolute Gasteiger partial charge is 0.399 e. The summed E-state index contributed by atoms with van der Waals surface area (Å²) >= 11 is 0.867. The van der Waals surface area contributed by atoms with Crippen LogP contribution in [0.2, 0.25) is 0 Å². The van der Waals surface area contributed by atoms with E-state index in [4.69, 9.17) is 4.42 Å². The van der Waals surface area contributed by atoms with Gasteiger partial charge in [-0.05, 0) is 12.0 Å². The number of benzene rings is 1. The third kappa shape index (κ3) is 2.29. The standard InChI is InChI=1S/C10H9NO2S/c12-10-13-9(11-14-10)7-6-8-4-2-1-3-5-8/h1-5H,6-7H2. The summed E-state index contributed by atoms with van der Waals surface area (Å²) in [7, 11) is 0. The minimum atomic E-state index is -0.326. The lowest BCUT2D eigenvalue weighted by atomic mass is 10.1. The summed E-state index contributed by atoms with van der Waals surface area (Å²) in [5.74, 6) is 0.531. The summed E-state index contributed by atoms with van der Waals surface area (Å²) in [5.41, 5.74) is 1.23. The van der Waals surface area contributed by atoms with Crippen LogP contribution >= 0.6 is 11.5 Å². The van der Waals surface area contributed by atoms with Gasteiger partial charge in [0, 0.05) is 18.0 Å². The molecule has 0 atom stereocenters. The first-order chi connectivity index (χ1) is 6.84. The van der Waals surface area contributed by atoms with Crippen LogP contribution in [0.15, 0.2) is 39.5 Å². The highest BCUT2D eigenvalue weighted by molar-refractivity contribution is 7.02. The average molecular weight is 207 g/mol. The lowest BCUT2D eigenvalue weighted by molar-refractivity contribution is 0.468. The van der Waals surface area contributed by atoms with E-state index in [9.17, 15) is 4.79 Å². The number of aryl methyl sites for hydroxylation is 2. The van der Waals surface area contributed by atoms with Crippen LogP contribution in [0.3, 0.4) is 0 Å². The van der Waals surface area contributed by atoms with Crippen LogP contribution in [0.1, 0.15) is 11.5 Å². The molecule has 1 aromatic carbocycles. The third-order valence-electron chi connectivity index (χ3n) is 1.89. The summed E-state index contributed by atoms with van der Waals surface area (Å²) in [5, 5.41) is 0. The SMILES string of the molecule is O=c1oc(CCc2ccccc2)ns1. The summed E-state index contributed by atoms with van der Waals surface area (Å²) in [6.07, 6.45) is 1.54. The number of hydrogen-bond donors (Lipinski definition) is 0. The van der Waals surface area contributed by atoms with E-state index < -0.39 is 0 Å². The quantitative estimate of drug-likeness (QED) is 0.771. The zero-order chi connectivity index (χ0) is 9.80. The van der Waals surface area contributed by atoms with Crippen LogP contribution in [0, 0.1) is 0 Å². The Balaban J connectivity index is 1.98. The van der Waals surface area contributed by atoms with Crippen molar-refractivity contribution in [3.8, 4) is 0 Å². The van der Waals surface area contributed by atoms with Crippen molar-refractivity contribution in [2.75, 3.05) is 0 Å². The molecule has 0 aliphatic carbocycles. The molecule has 0 saturated heterocycles. The molecule has 0 bridgehead atoms. The van der Waals surface area contributed by atoms with Gasteiger partial charge in [0.1, 0.15) is 0 Å². The molecular weight excluding hydrogens is 198 g/mol. The van der Waals surface area contributed by atoms with Crippen LogP contribution in [0.25, 0.3) is 0 Å². The average Bonchev–Trinajstić information content (AvgIpc) is 2.63. The van der Waals surface area contributed by atoms with E-state index in [2.05, 4.69) is 4.37 Å². The molecule has 14 heavy (non-hydrogen) atoms. The van der Waals surface area contributed by atoms with Gasteiger partial charge in [0.2, 0.25) is 5.89 Å². The van der Waals surface area contributed by atoms with Gasteiger partial charge in [0.05, 0.1) is 0 Å². The van der Waals surface area contributed by atoms with Crippen molar-refractivity contribution in [3.05, 3.63) is 51.5 Å². The first kappa shape index (κ1) is 9.15. The first-order valence-corrected chi connectivity index (χ1v) is 5.11. The van der Waals surface area contributed by atoms with E-state index in [1.165, 1.54) is 5.56 Å². The summed E-state index contributed by atoms with van der Waals surface area (Å²) in [6, 6.07) is 10.1. The number of rotatable bonds is 3. The van der Waals surface area contributed by atoms with E-state index in [1.54, 1.807) is 0 Å². The van der Waals surface area contributed by atoms with Crippen molar-refractivity contribution < 1.29 is 4.42 Å². The second-order valence-electron chi connectivity index (χ2n) is 2.91. The zero-order valence-electron chi connectivity index (χ0n) is 7.47. The Bertz CT molecular complexity index is 446. The number of aromatic nitrogens is 1. The van der Waals surface area contributed by atoms with Crippen LogP contribution < -0.4 is 4.94 Å². The zero-order valence-corrected chi connectivity index (χ0v) is 8.29. The molecular formula is C10H9NO2S. The van der Waals surface area contributed by atoms with E-state index >= 15 is 0 Å². The maximum Gasteiger partial charge on any atom is 0.414 e. The van der Waals surface area contributed by atoms with E-state index in [-0.39, 0.29) is 4.94 Å². The molecule has 0 N–H and O–H groups in total. The van der Waals surface area contributed by atoms with E-state index in [0.717, 1.165) is 18.0 Å². The van der Waals surface area contributed by atoms with E-state index in [1.807, 2.05) is 30.3 Å². The predicted molar refractivity (Wildman–Crippen MR) is 54.5 cm³/mol. The maximum absolute atomic E-state index is 10.7. The van der Waals surface area contributed by atoms with Crippen LogP contribution in [0.4, 0.5) is 0 Å². The molecule has 2 rings (SSSR count). The Kier molecular flexibility index (Phi) is 2.74. The predicted octanol–water partition coefficient (Wildman–Crippen LogP) is 1.88. The molecule has 1 aromatic heterocycles. The van der Waals surface area contributed by atoms with Gasteiger partial charge < -0.3 is 4.42 Å². The minimum Gasteiger partial charge on any atom is -0.399 e. The third-order valence-corrected chi connectivity index (χ3v) is 2.42. The first-order valence-electron chi connectivity index (χ1n) is 4.34. The van der Waals surface area contributed by atoms with Crippen LogP contribution in [-0.2, 0) is 12.8 Å². The Labute approximate surface area is 85.2 Å². The van der Waals surface area contributed by atoms with Crippen molar-refractivity contribution in [1.82, 2.24) is 4.37 Å². The number of hydrogen-bond acceptors (Lipinski definition) is 4. The minimum absolute atomic E-state index is 0.326. The monoisotopic (exact) mass is 207 g/mol. The highest BCUT2D eigenvalue weighted by Crippen LogP contribution is 2.04. The Hall–Kier alpha value is -1.42. The Morgan fingerprint density at radius 3 is 2.64 bits per heavy atom. The molecule has 1 heterocycles. The lowest BCUT2D eigenvalue weighted by Crippen LogP contribution is -1.91. The van der Waals surface area contributed by atoms with Gasteiger partial charge in [0.25, 0.3) is 0 Å². The molecule has 0 spiro atoms. The summed E-state index contributed by atoms with van der Waals surface area (Å²) in [6.45, 7) is 0. The largest absolute Gasteiger partial charge is 0.414 e. The second-order valence-corrected chi connectivity index (χ2v) is 3.61. The van der Waals surface area contributed by atoms with Gasteiger partial charge >= 0.3 is 4.94 Å². The van der Waals surface area contributed by atoms with Crippen molar-refractivity contribution in [2.24, 2.45) is 0 Å². The number of nitrogens with zero attached hydrogens (tertiary/aromatic N) is 1. The molecule has 0 radical (unpaired) electrons. The highest BCUT2D eigenvalue weighted by Gasteiger charge is 2.01. The van der Waals surface area contributed by atoms with Gasteiger partial charge in [-0.1, -0.05) is 30.3 Å². The molecule has 4 heteroatoms. The highest BCUT2D eigenvalue weighted by atomic mass is 32.1. The molecule has 72 valence electrons. The normalized spacial score (nSPS) is 10.3.